The van der Waals surface area contributed by atoms with Gasteiger partial charge in [0.2, 0.25) is 0 Å². The van der Waals surface area contributed by atoms with E-state index in [0.29, 0.717) is 17.9 Å². The summed E-state index contributed by atoms with van der Waals surface area (Å²) in [7, 11) is 0. The highest BCUT2D eigenvalue weighted by Crippen LogP contribution is 2.20. The second-order valence-corrected chi connectivity index (χ2v) is 7.22. The summed E-state index contributed by atoms with van der Waals surface area (Å²) in [5, 5.41) is 4.22. The van der Waals surface area contributed by atoms with E-state index in [1.807, 2.05) is 30.3 Å². The van der Waals surface area contributed by atoms with Gasteiger partial charge >= 0.3 is 12.1 Å². The molecule has 0 radical (unpaired) electrons. The molecule has 148 valence electrons. The number of carbonyl (C=O) groups is 2. The van der Waals surface area contributed by atoms with Gasteiger partial charge in [-0.2, -0.15) is 5.10 Å². The average molecular weight is 382 g/mol. The van der Waals surface area contributed by atoms with Crippen LogP contribution in [0.25, 0.3) is 0 Å². The van der Waals surface area contributed by atoms with E-state index in [-0.39, 0.29) is 12.6 Å². The largest absolute Gasteiger partial charge is 0.449 e. The molecule has 0 aliphatic rings. The zero-order chi connectivity index (χ0) is 20.6. The fourth-order valence-electron chi connectivity index (χ4n) is 2.25. The Hall–Kier alpha value is -3.15. The van der Waals surface area contributed by atoms with Crippen LogP contribution in [0.1, 0.15) is 38.8 Å². The monoisotopic (exact) mass is 382 g/mol. The van der Waals surface area contributed by atoms with E-state index in [0.717, 1.165) is 11.1 Å². The molecule has 0 saturated heterocycles. The molecular formula is C22H26N2O4. The van der Waals surface area contributed by atoms with Crippen molar-refractivity contribution in [3.63, 3.8) is 0 Å². The molecule has 28 heavy (non-hydrogen) atoms. The van der Waals surface area contributed by atoms with E-state index in [2.05, 4.69) is 10.5 Å². The van der Waals surface area contributed by atoms with E-state index in [1.165, 1.54) is 0 Å². The van der Waals surface area contributed by atoms with Crippen molar-refractivity contribution in [3.05, 3.63) is 65.7 Å². The van der Waals surface area contributed by atoms with Crippen molar-refractivity contribution >= 4 is 17.8 Å². The maximum atomic E-state index is 12.0. The molecule has 2 aromatic carbocycles. The summed E-state index contributed by atoms with van der Waals surface area (Å²) in [4.78, 5) is 23.6. The molecule has 0 bridgehead atoms. The topological polar surface area (TPSA) is 77.0 Å². The molecule has 1 N–H and O–H groups in total. The van der Waals surface area contributed by atoms with Gasteiger partial charge in [-0.05, 0) is 63.1 Å². The lowest BCUT2D eigenvalue weighted by atomic mass is 9.97. The zero-order valence-corrected chi connectivity index (χ0v) is 16.7. The first-order valence-corrected chi connectivity index (χ1v) is 9.15. The Bertz CT molecular complexity index is 822. The number of carbonyl (C=O) groups excluding carboxylic acids is 2. The fraction of sp³-hybridized carbons (Fsp3) is 0.318. The third-order valence-electron chi connectivity index (χ3n) is 3.78. The van der Waals surface area contributed by atoms with E-state index in [1.54, 1.807) is 52.0 Å². The minimum Gasteiger partial charge on any atom is -0.449 e. The molecule has 6 heteroatoms. The summed E-state index contributed by atoms with van der Waals surface area (Å²) in [6.45, 7) is 7.40. The summed E-state index contributed by atoms with van der Waals surface area (Å²) in [6.07, 6.45) is -0.0854. The molecule has 0 aliphatic carbocycles. The van der Waals surface area contributed by atoms with Gasteiger partial charge in [-0.3, -0.25) is 4.79 Å². The molecule has 1 amide bonds. The number of nitrogens with zero attached hydrogens (tertiary/aromatic N) is 1. The smallest absolute Gasteiger partial charge is 0.427 e. The molecule has 2 aromatic rings. The quantitative estimate of drug-likeness (QED) is 0.349. The Labute approximate surface area is 165 Å². The van der Waals surface area contributed by atoms with E-state index in [9.17, 15) is 9.59 Å². The molecule has 0 aliphatic heterocycles. The third kappa shape index (κ3) is 6.54. The third-order valence-corrected chi connectivity index (χ3v) is 3.78. The number of hydrogen-bond donors (Lipinski definition) is 1. The van der Waals surface area contributed by atoms with Crippen LogP contribution in [0.4, 0.5) is 4.79 Å². The summed E-state index contributed by atoms with van der Waals surface area (Å²) >= 11 is 0. The highest BCUT2D eigenvalue weighted by molar-refractivity contribution is 6.02. The Morgan fingerprint density at radius 2 is 1.64 bits per heavy atom. The van der Waals surface area contributed by atoms with Gasteiger partial charge in [0.15, 0.2) is 0 Å². The molecule has 2 rings (SSSR count). The second kappa shape index (κ2) is 9.69. The van der Waals surface area contributed by atoms with Crippen LogP contribution in [0.2, 0.25) is 0 Å². The number of hydrogen-bond acceptors (Lipinski definition) is 5. The van der Waals surface area contributed by atoms with Crippen LogP contribution in [0.15, 0.2) is 59.7 Å². The lowest BCUT2D eigenvalue weighted by molar-refractivity contribution is -0.143. The van der Waals surface area contributed by atoms with Gasteiger partial charge in [0, 0.05) is 6.42 Å². The summed E-state index contributed by atoms with van der Waals surface area (Å²) in [5.41, 5.74) is 4.34. The molecule has 0 saturated carbocycles. The second-order valence-electron chi connectivity index (χ2n) is 7.22. The van der Waals surface area contributed by atoms with E-state index < -0.39 is 11.5 Å². The molecule has 0 unspecified atom stereocenters. The molecular weight excluding hydrogens is 356 g/mol. The molecule has 0 spiro atoms. The lowest BCUT2D eigenvalue weighted by Crippen LogP contribution is -2.25. The first kappa shape index (κ1) is 21.2. The zero-order valence-electron chi connectivity index (χ0n) is 16.7. The predicted molar refractivity (Wildman–Crippen MR) is 108 cm³/mol. The van der Waals surface area contributed by atoms with Crippen molar-refractivity contribution in [2.45, 2.75) is 34.1 Å². The summed E-state index contributed by atoms with van der Waals surface area (Å²) < 4.78 is 10.3. The summed E-state index contributed by atoms with van der Waals surface area (Å²) in [5.74, 6) is 0.156. The first-order valence-electron chi connectivity index (χ1n) is 9.15. The van der Waals surface area contributed by atoms with Crippen molar-refractivity contribution in [1.82, 2.24) is 5.43 Å². The van der Waals surface area contributed by atoms with Gasteiger partial charge in [0.1, 0.15) is 5.75 Å². The van der Waals surface area contributed by atoms with Crippen molar-refractivity contribution in [3.8, 4) is 5.75 Å². The standard InChI is InChI=1S/C22H26N2O4/c1-5-27-21(26)24-23-19(15-16-9-7-6-8-10-16)17-11-13-18(14-12-17)28-20(25)22(2,3)4/h6-14H,5,15H2,1-4H3,(H,24,26)/b23-19-. The Morgan fingerprint density at radius 3 is 2.21 bits per heavy atom. The van der Waals surface area contributed by atoms with Gasteiger partial charge in [-0.25, -0.2) is 10.2 Å². The van der Waals surface area contributed by atoms with Gasteiger partial charge in [0.05, 0.1) is 17.7 Å². The van der Waals surface area contributed by atoms with Gasteiger partial charge in [-0.1, -0.05) is 30.3 Å². The van der Waals surface area contributed by atoms with Gasteiger partial charge < -0.3 is 9.47 Å². The number of benzene rings is 2. The maximum absolute atomic E-state index is 12.0. The summed E-state index contributed by atoms with van der Waals surface area (Å²) in [6, 6.07) is 16.8. The molecule has 0 heterocycles. The number of esters is 1. The van der Waals surface area contributed by atoms with Crippen LogP contribution in [0.5, 0.6) is 5.75 Å². The van der Waals surface area contributed by atoms with Gasteiger partial charge in [-0.15, -0.1) is 0 Å². The SMILES string of the molecule is CCOC(=O)N/N=C(/Cc1ccccc1)c1ccc(OC(=O)C(C)(C)C)cc1. The molecule has 0 atom stereocenters. The molecule has 0 aromatic heterocycles. The van der Waals surface area contributed by atoms with Crippen LogP contribution in [-0.4, -0.2) is 24.4 Å². The number of rotatable bonds is 6. The fourth-order valence-corrected chi connectivity index (χ4v) is 2.25. The highest BCUT2D eigenvalue weighted by atomic mass is 16.6. The van der Waals surface area contributed by atoms with Crippen LogP contribution < -0.4 is 10.2 Å². The van der Waals surface area contributed by atoms with Crippen LogP contribution in [-0.2, 0) is 16.0 Å². The van der Waals surface area contributed by atoms with Crippen molar-refractivity contribution in [2.24, 2.45) is 10.5 Å². The Balaban J connectivity index is 2.21. The van der Waals surface area contributed by atoms with Crippen molar-refractivity contribution in [1.29, 1.82) is 0 Å². The normalized spacial score (nSPS) is 11.6. The Kier molecular flexibility index (Phi) is 7.32. The van der Waals surface area contributed by atoms with Crippen LogP contribution in [0, 0.1) is 5.41 Å². The Morgan fingerprint density at radius 1 is 1.00 bits per heavy atom. The van der Waals surface area contributed by atoms with Gasteiger partial charge in [0.25, 0.3) is 0 Å². The minimum absolute atomic E-state index is 0.267. The first-order chi connectivity index (χ1) is 13.3. The van der Waals surface area contributed by atoms with E-state index in [4.69, 9.17) is 9.47 Å². The maximum Gasteiger partial charge on any atom is 0.427 e. The van der Waals surface area contributed by atoms with Crippen LogP contribution >= 0.6 is 0 Å². The number of hydrazone groups is 1. The highest BCUT2D eigenvalue weighted by Gasteiger charge is 2.23. The molecule has 6 nitrogen and oxygen atoms in total. The minimum atomic E-state index is -0.608. The van der Waals surface area contributed by atoms with E-state index >= 15 is 0 Å². The van der Waals surface area contributed by atoms with Crippen molar-refractivity contribution < 1.29 is 19.1 Å². The molecule has 0 fully saturated rings. The number of nitrogens with one attached hydrogen (secondary N) is 1. The predicted octanol–water partition coefficient (Wildman–Crippen LogP) is 4.33. The lowest BCUT2D eigenvalue weighted by Gasteiger charge is -2.16. The van der Waals surface area contributed by atoms with Crippen molar-refractivity contribution in [2.75, 3.05) is 6.61 Å². The average Bonchev–Trinajstić information content (AvgIpc) is 2.66. The van der Waals surface area contributed by atoms with Crippen LogP contribution in [0.3, 0.4) is 0 Å². The number of ether oxygens (including phenoxy) is 2. The number of amides is 1.